The van der Waals surface area contributed by atoms with E-state index in [9.17, 15) is 19.5 Å². The molecule has 8 heteroatoms. The number of aliphatic hydroxyl groups excluding tert-OH is 1. The van der Waals surface area contributed by atoms with Gasteiger partial charge in [0.05, 0.1) is 5.75 Å². The summed E-state index contributed by atoms with van der Waals surface area (Å²) in [5, 5.41) is 12.2. The van der Waals surface area contributed by atoms with Crippen LogP contribution in [-0.4, -0.2) is 45.0 Å². The number of nitrogens with zero attached hydrogens (tertiary/aromatic N) is 1. The van der Waals surface area contributed by atoms with Gasteiger partial charge in [0.2, 0.25) is 5.91 Å². The monoisotopic (exact) mass is 348 g/mol. The number of rotatable bonds is 4. The molecule has 2 atom stereocenters. The number of ether oxygens (including phenoxy) is 1. The van der Waals surface area contributed by atoms with Crippen LogP contribution < -0.4 is 5.32 Å². The molecule has 2 amide bonds. The molecule has 1 fully saturated rings. The Morgan fingerprint density at radius 2 is 2.08 bits per heavy atom. The fourth-order valence-corrected chi connectivity index (χ4v) is 3.80. The molecular formula is C16H16N2O5S. The quantitative estimate of drug-likeness (QED) is 0.620. The first-order chi connectivity index (χ1) is 11.5. The summed E-state index contributed by atoms with van der Waals surface area (Å²) in [6.07, 6.45) is 0. The Kier molecular flexibility index (Phi) is 4.48. The zero-order valence-electron chi connectivity index (χ0n) is 12.9. The number of fused-ring (bicyclic) bond motifs is 1. The fourth-order valence-electron chi connectivity index (χ4n) is 2.60. The van der Waals surface area contributed by atoms with Crippen LogP contribution in [0.4, 0.5) is 0 Å². The summed E-state index contributed by atoms with van der Waals surface area (Å²) < 4.78 is 5.21. The lowest BCUT2D eigenvalue weighted by Crippen LogP contribution is -2.70. The van der Waals surface area contributed by atoms with Crippen LogP contribution in [-0.2, 0) is 25.7 Å². The molecule has 1 aromatic rings. The van der Waals surface area contributed by atoms with Crippen LogP contribution in [0.2, 0.25) is 0 Å². The van der Waals surface area contributed by atoms with Crippen molar-refractivity contribution in [2.45, 2.75) is 24.9 Å². The predicted octanol–water partition coefficient (Wildman–Crippen LogP) is 0.919. The maximum absolute atomic E-state index is 12.3. The number of amides is 2. The van der Waals surface area contributed by atoms with Crippen molar-refractivity contribution in [2.75, 3.05) is 5.75 Å². The first-order valence-electron chi connectivity index (χ1n) is 7.34. The van der Waals surface area contributed by atoms with E-state index in [-0.39, 0.29) is 29.7 Å². The molecule has 7 nitrogen and oxygen atoms in total. The lowest BCUT2D eigenvalue weighted by molar-refractivity contribution is -0.153. The van der Waals surface area contributed by atoms with Crippen molar-refractivity contribution in [3.63, 3.8) is 0 Å². The first-order valence-corrected chi connectivity index (χ1v) is 8.39. The second kappa shape index (κ2) is 6.56. The Balaban J connectivity index is 1.71. The number of thioether (sulfide) groups is 1. The van der Waals surface area contributed by atoms with E-state index < -0.39 is 23.3 Å². The molecule has 0 bridgehead atoms. The molecular weight excluding hydrogens is 332 g/mol. The number of nitrogens with one attached hydrogen (secondary N) is 1. The number of aliphatic hydroxyl groups is 1. The number of β-lactam (4-membered cyclic amide) rings is 1. The van der Waals surface area contributed by atoms with Gasteiger partial charge in [0, 0.05) is 6.92 Å². The minimum Gasteiger partial charge on any atom is -0.509 e. The molecule has 1 saturated heterocycles. The van der Waals surface area contributed by atoms with Crippen molar-refractivity contribution >= 4 is 29.5 Å². The lowest BCUT2D eigenvalue weighted by Gasteiger charge is -2.48. The van der Waals surface area contributed by atoms with E-state index >= 15 is 0 Å². The van der Waals surface area contributed by atoms with Gasteiger partial charge in [-0.3, -0.25) is 14.5 Å². The molecule has 2 aliphatic heterocycles. The normalized spacial score (nSPS) is 22.5. The molecule has 0 saturated carbocycles. The minimum atomic E-state index is -0.753. The highest BCUT2D eigenvalue weighted by molar-refractivity contribution is 8.00. The van der Waals surface area contributed by atoms with Crippen LogP contribution in [0.1, 0.15) is 12.5 Å². The van der Waals surface area contributed by atoms with Gasteiger partial charge in [-0.15, -0.1) is 11.8 Å². The predicted molar refractivity (Wildman–Crippen MR) is 86.6 cm³/mol. The maximum Gasteiger partial charge on any atom is 0.358 e. The van der Waals surface area contributed by atoms with E-state index in [2.05, 4.69) is 5.32 Å². The van der Waals surface area contributed by atoms with Gasteiger partial charge in [0.1, 0.15) is 23.8 Å². The molecule has 0 aliphatic carbocycles. The summed E-state index contributed by atoms with van der Waals surface area (Å²) in [5.74, 6) is -1.51. The molecule has 1 unspecified atom stereocenters. The zero-order chi connectivity index (χ0) is 17.3. The average molecular weight is 348 g/mol. The highest BCUT2D eigenvalue weighted by Gasteiger charge is 2.54. The molecule has 126 valence electrons. The van der Waals surface area contributed by atoms with Gasteiger partial charge in [-0.05, 0) is 5.56 Å². The van der Waals surface area contributed by atoms with Crippen LogP contribution in [0.5, 0.6) is 0 Å². The largest absolute Gasteiger partial charge is 0.509 e. The summed E-state index contributed by atoms with van der Waals surface area (Å²) in [6, 6.07) is 8.43. The van der Waals surface area contributed by atoms with E-state index in [0.29, 0.717) is 0 Å². The highest BCUT2D eigenvalue weighted by atomic mass is 32.2. The molecule has 2 aliphatic rings. The number of benzene rings is 1. The number of hydrogen-bond donors (Lipinski definition) is 2. The van der Waals surface area contributed by atoms with Crippen molar-refractivity contribution in [3.05, 3.63) is 47.4 Å². The smallest absolute Gasteiger partial charge is 0.358 e. The Morgan fingerprint density at radius 1 is 1.38 bits per heavy atom. The second-order valence-corrected chi connectivity index (χ2v) is 6.55. The SMILES string of the molecule is CC(=O)NC1C(=O)N2C(C(=O)OCc3ccccc3)=C(O)CS[C@@H]12. The molecule has 3 rings (SSSR count). The van der Waals surface area contributed by atoms with Crippen molar-refractivity contribution in [1.29, 1.82) is 0 Å². The number of hydrogen-bond acceptors (Lipinski definition) is 6. The van der Waals surface area contributed by atoms with E-state index in [0.717, 1.165) is 5.56 Å². The van der Waals surface area contributed by atoms with E-state index in [1.165, 1.54) is 23.6 Å². The number of carbonyl (C=O) groups is 3. The van der Waals surface area contributed by atoms with Crippen LogP contribution >= 0.6 is 11.8 Å². The molecule has 24 heavy (non-hydrogen) atoms. The number of carbonyl (C=O) groups excluding carboxylic acids is 3. The van der Waals surface area contributed by atoms with Crippen molar-refractivity contribution in [1.82, 2.24) is 10.2 Å². The third kappa shape index (κ3) is 2.96. The van der Waals surface area contributed by atoms with Gasteiger partial charge >= 0.3 is 5.97 Å². The Morgan fingerprint density at radius 3 is 2.75 bits per heavy atom. The maximum atomic E-state index is 12.3. The van der Waals surface area contributed by atoms with E-state index in [4.69, 9.17) is 4.74 Å². The third-order valence-electron chi connectivity index (χ3n) is 3.71. The Labute approximate surface area is 142 Å². The summed E-state index contributed by atoms with van der Waals surface area (Å²) in [7, 11) is 0. The van der Waals surface area contributed by atoms with Gasteiger partial charge in [-0.1, -0.05) is 30.3 Å². The number of esters is 1. The second-order valence-electron chi connectivity index (χ2n) is 5.45. The molecule has 0 radical (unpaired) electrons. The van der Waals surface area contributed by atoms with E-state index in [1.807, 2.05) is 30.3 Å². The van der Waals surface area contributed by atoms with Crippen LogP contribution in [0, 0.1) is 0 Å². The summed E-state index contributed by atoms with van der Waals surface area (Å²) >= 11 is 1.29. The summed E-state index contributed by atoms with van der Waals surface area (Å²) in [5.41, 5.74) is 0.667. The van der Waals surface area contributed by atoms with Gasteiger partial charge in [-0.25, -0.2) is 4.79 Å². The van der Waals surface area contributed by atoms with Gasteiger partial charge in [0.15, 0.2) is 5.70 Å². The topological polar surface area (TPSA) is 95.9 Å². The Hall–Kier alpha value is -2.48. The Bertz CT molecular complexity index is 718. The van der Waals surface area contributed by atoms with Gasteiger partial charge in [0.25, 0.3) is 5.91 Å². The van der Waals surface area contributed by atoms with Crippen molar-refractivity contribution in [3.8, 4) is 0 Å². The lowest BCUT2D eigenvalue weighted by atomic mass is 10.0. The standard InChI is InChI=1S/C16H16N2O5S/c1-9(19)17-12-14(21)18-13(11(20)8-24-15(12)18)16(22)23-7-10-5-3-2-4-6-10/h2-6,12,15,20H,7-8H2,1H3,(H,17,19)/t12?,15-/m0/s1. The molecule has 0 spiro atoms. The highest BCUT2D eigenvalue weighted by Crippen LogP contribution is 2.39. The molecule has 2 N–H and O–H groups in total. The van der Waals surface area contributed by atoms with Crippen LogP contribution in [0.15, 0.2) is 41.8 Å². The molecule has 2 heterocycles. The van der Waals surface area contributed by atoms with Gasteiger partial charge < -0.3 is 15.2 Å². The van der Waals surface area contributed by atoms with Crippen molar-refractivity contribution in [2.24, 2.45) is 0 Å². The van der Waals surface area contributed by atoms with Crippen LogP contribution in [0.25, 0.3) is 0 Å². The van der Waals surface area contributed by atoms with Crippen molar-refractivity contribution < 1.29 is 24.2 Å². The fraction of sp³-hybridized carbons (Fsp3) is 0.312. The zero-order valence-corrected chi connectivity index (χ0v) is 13.7. The first kappa shape index (κ1) is 16.4. The average Bonchev–Trinajstić information content (AvgIpc) is 2.58. The minimum absolute atomic E-state index is 0.0470. The summed E-state index contributed by atoms with van der Waals surface area (Å²) in [4.78, 5) is 36.9. The molecule has 1 aromatic carbocycles. The summed E-state index contributed by atoms with van der Waals surface area (Å²) in [6.45, 7) is 1.37. The van der Waals surface area contributed by atoms with E-state index in [1.54, 1.807) is 0 Å². The van der Waals surface area contributed by atoms with Crippen LogP contribution in [0.3, 0.4) is 0 Å². The van der Waals surface area contributed by atoms with Gasteiger partial charge in [-0.2, -0.15) is 0 Å². The molecule has 0 aromatic heterocycles. The third-order valence-corrected chi connectivity index (χ3v) is 4.98.